The first-order valence-corrected chi connectivity index (χ1v) is 6.83. The standard InChI is InChI=1S/C16H18N2O4/c1-11-9-13(12-7-5-4-6-8-12)18(17-11)14(16(20)22-3)10-15(19)21-2/h4-8,10,13H,9H2,1-3H3/b14-10+/t13-/m1/s1. The largest absolute Gasteiger partial charge is 0.466 e. The van der Waals surface area contributed by atoms with Crippen molar-refractivity contribution in [2.24, 2.45) is 5.10 Å². The van der Waals surface area contributed by atoms with E-state index in [1.165, 1.54) is 19.2 Å². The van der Waals surface area contributed by atoms with Crippen LogP contribution in [0.25, 0.3) is 0 Å². The van der Waals surface area contributed by atoms with E-state index in [1.54, 1.807) is 0 Å². The van der Waals surface area contributed by atoms with Crippen LogP contribution < -0.4 is 0 Å². The number of nitrogens with zero attached hydrogens (tertiary/aromatic N) is 2. The van der Waals surface area contributed by atoms with Crippen LogP contribution in [0, 0.1) is 0 Å². The summed E-state index contributed by atoms with van der Waals surface area (Å²) in [5.41, 5.74) is 1.93. The van der Waals surface area contributed by atoms with Gasteiger partial charge in [-0.25, -0.2) is 9.59 Å². The first-order chi connectivity index (χ1) is 10.6. The minimum atomic E-state index is -0.634. The van der Waals surface area contributed by atoms with Crippen molar-refractivity contribution in [3.8, 4) is 0 Å². The summed E-state index contributed by atoms with van der Waals surface area (Å²) in [4.78, 5) is 23.6. The van der Waals surface area contributed by atoms with Crippen LogP contribution in [0.3, 0.4) is 0 Å². The number of esters is 2. The number of carbonyl (C=O) groups is 2. The monoisotopic (exact) mass is 302 g/mol. The van der Waals surface area contributed by atoms with Crippen LogP contribution in [0.1, 0.15) is 24.9 Å². The third-order valence-corrected chi connectivity index (χ3v) is 3.34. The van der Waals surface area contributed by atoms with Crippen molar-refractivity contribution < 1.29 is 19.1 Å². The van der Waals surface area contributed by atoms with Gasteiger partial charge in [0.25, 0.3) is 0 Å². The second-order valence-electron chi connectivity index (χ2n) is 4.85. The molecule has 1 atom stereocenters. The van der Waals surface area contributed by atoms with Gasteiger partial charge in [0, 0.05) is 12.1 Å². The number of methoxy groups -OCH3 is 2. The Morgan fingerprint density at radius 2 is 1.91 bits per heavy atom. The fraction of sp³-hybridized carbons (Fsp3) is 0.312. The van der Waals surface area contributed by atoms with E-state index in [1.807, 2.05) is 37.3 Å². The number of rotatable bonds is 4. The van der Waals surface area contributed by atoms with Crippen LogP contribution in [0.2, 0.25) is 0 Å². The molecule has 6 nitrogen and oxygen atoms in total. The van der Waals surface area contributed by atoms with Crippen molar-refractivity contribution in [1.29, 1.82) is 0 Å². The zero-order valence-electron chi connectivity index (χ0n) is 12.8. The van der Waals surface area contributed by atoms with Gasteiger partial charge in [-0.3, -0.25) is 5.01 Å². The van der Waals surface area contributed by atoms with Crippen LogP contribution in [-0.2, 0) is 19.1 Å². The maximum absolute atomic E-state index is 12.0. The van der Waals surface area contributed by atoms with E-state index >= 15 is 0 Å². The van der Waals surface area contributed by atoms with Gasteiger partial charge in [-0.05, 0) is 12.5 Å². The van der Waals surface area contributed by atoms with Gasteiger partial charge in [0.1, 0.15) is 0 Å². The Labute approximate surface area is 129 Å². The maximum atomic E-state index is 12.0. The van der Waals surface area contributed by atoms with E-state index in [2.05, 4.69) is 9.84 Å². The number of ether oxygens (including phenoxy) is 2. The van der Waals surface area contributed by atoms with Gasteiger partial charge in [0.2, 0.25) is 0 Å². The van der Waals surface area contributed by atoms with Gasteiger partial charge in [0.15, 0.2) is 5.70 Å². The zero-order chi connectivity index (χ0) is 16.1. The lowest BCUT2D eigenvalue weighted by atomic mass is 10.0. The molecule has 1 aliphatic rings. The summed E-state index contributed by atoms with van der Waals surface area (Å²) in [6.07, 6.45) is 1.77. The average molecular weight is 302 g/mol. The Morgan fingerprint density at radius 1 is 1.23 bits per heavy atom. The minimum absolute atomic E-state index is 0.0556. The third kappa shape index (κ3) is 3.33. The summed E-state index contributed by atoms with van der Waals surface area (Å²) < 4.78 is 9.37. The summed E-state index contributed by atoms with van der Waals surface area (Å²) in [6, 6.07) is 9.52. The molecule has 22 heavy (non-hydrogen) atoms. The predicted octanol–water partition coefficient (Wildman–Crippen LogP) is 2.04. The normalized spacial score (nSPS) is 18.0. The van der Waals surface area contributed by atoms with Crippen LogP contribution in [-0.4, -0.2) is 36.9 Å². The van der Waals surface area contributed by atoms with Crippen molar-refractivity contribution in [2.45, 2.75) is 19.4 Å². The molecule has 116 valence electrons. The van der Waals surface area contributed by atoms with Crippen LogP contribution >= 0.6 is 0 Å². The molecule has 2 rings (SSSR count). The molecule has 6 heteroatoms. The smallest absolute Gasteiger partial charge is 0.356 e. The van der Waals surface area contributed by atoms with Crippen molar-refractivity contribution in [2.75, 3.05) is 14.2 Å². The lowest BCUT2D eigenvalue weighted by Crippen LogP contribution is -2.26. The van der Waals surface area contributed by atoms with Crippen molar-refractivity contribution in [3.63, 3.8) is 0 Å². The fourth-order valence-corrected chi connectivity index (χ4v) is 2.31. The van der Waals surface area contributed by atoms with Gasteiger partial charge in [-0.2, -0.15) is 5.10 Å². The Hall–Kier alpha value is -2.63. The van der Waals surface area contributed by atoms with Gasteiger partial charge in [0.05, 0.1) is 26.3 Å². The van der Waals surface area contributed by atoms with E-state index in [0.29, 0.717) is 6.42 Å². The van der Waals surface area contributed by atoms with Crippen LogP contribution in [0.5, 0.6) is 0 Å². The lowest BCUT2D eigenvalue weighted by molar-refractivity contribution is -0.140. The van der Waals surface area contributed by atoms with Crippen molar-refractivity contribution >= 4 is 17.7 Å². The SMILES string of the molecule is COC(=O)/C=C(\C(=O)OC)N1N=C(C)C[C@@H]1c1ccccc1. The number of hydrogen-bond donors (Lipinski definition) is 0. The maximum Gasteiger partial charge on any atom is 0.356 e. The zero-order valence-corrected chi connectivity index (χ0v) is 12.8. The molecule has 0 bridgehead atoms. The van der Waals surface area contributed by atoms with Crippen LogP contribution in [0.15, 0.2) is 47.2 Å². The Kier molecular flexibility index (Phi) is 4.93. The molecule has 0 aliphatic carbocycles. The highest BCUT2D eigenvalue weighted by atomic mass is 16.5. The highest BCUT2D eigenvalue weighted by Crippen LogP contribution is 2.34. The van der Waals surface area contributed by atoms with Gasteiger partial charge >= 0.3 is 11.9 Å². The van der Waals surface area contributed by atoms with E-state index in [9.17, 15) is 9.59 Å². The second kappa shape index (κ2) is 6.89. The van der Waals surface area contributed by atoms with E-state index < -0.39 is 11.9 Å². The first-order valence-electron chi connectivity index (χ1n) is 6.83. The van der Waals surface area contributed by atoms with E-state index in [-0.39, 0.29) is 11.7 Å². The topological polar surface area (TPSA) is 68.2 Å². The summed E-state index contributed by atoms with van der Waals surface area (Å²) in [5.74, 6) is -1.27. The second-order valence-corrected chi connectivity index (χ2v) is 4.85. The van der Waals surface area contributed by atoms with Crippen molar-refractivity contribution in [3.05, 3.63) is 47.7 Å². The molecule has 0 unspecified atom stereocenters. The highest BCUT2D eigenvalue weighted by Gasteiger charge is 2.32. The molecule has 1 heterocycles. The van der Waals surface area contributed by atoms with Crippen molar-refractivity contribution in [1.82, 2.24) is 5.01 Å². The van der Waals surface area contributed by atoms with Crippen LogP contribution in [0.4, 0.5) is 0 Å². The molecule has 0 spiro atoms. The molecule has 0 amide bonds. The molecule has 0 N–H and O–H groups in total. The highest BCUT2D eigenvalue weighted by molar-refractivity contribution is 5.96. The van der Waals surface area contributed by atoms with E-state index in [4.69, 9.17) is 4.74 Å². The van der Waals surface area contributed by atoms with Gasteiger partial charge in [-0.1, -0.05) is 30.3 Å². The summed E-state index contributed by atoms with van der Waals surface area (Å²) in [7, 11) is 2.51. The molecule has 0 fully saturated rings. The Balaban J connectivity index is 2.41. The molecule has 1 aliphatic heterocycles. The fourth-order valence-electron chi connectivity index (χ4n) is 2.31. The molecule has 1 aromatic carbocycles. The quantitative estimate of drug-likeness (QED) is 0.629. The van der Waals surface area contributed by atoms with Gasteiger partial charge in [-0.15, -0.1) is 0 Å². The lowest BCUT2D eigenvalue weighted by Gasteiger charge is -2.24. The molecule has 0 radical (unpaired) electrons. The van der Waals surface area contributed by atoms with E-state index in [0.717, 1.165) is 17.4 Å². The number of carbonyl (C=O) groups excluding carboxylic acids is 2. The molecular formula is C16H18N2O4. The summed E-state index contributed by atoms with van der Waals surface area (Å²) in [6.45, 7) is 1.88. The summed E-state index contributed by atoms with van der Waals surface area (Å²) in [5, 5.41) is 5.90. The molecule has 0 aromatic heterocycles. The molecular weight excluding hydrogens is 284 g/mol. The molecule has 0 saturated carbocycles. The Morgan fingerprint density at radius 3 is 2.50 bits per heavy atom. The average Bonchev–Trinajstić information content (AvgIpc) is 2.94. The number of benzene rings is 1. The Bertz CT molecular complexity index is 622. The van der Waals surface area contributed by atoms with Gasteiger partial charge < -0.3 is 9.47 Å². The molecule has 0 saturated heterocycles. The summed E-state index contributed by atoms with van der Waals surface area (Å²) >= 11 is 0. The molecule has 1 aromatic rings. The first kappa shape index (κ1) is 15.8. The minimum Gasteiger partial charge on any atom is -0.466 e. The number of hydrazone groups is 1. The number of hydrogen-bond acceptors (Lipinski definition) is 6. The third-order valence-electron chi connectivity index (χ3n) is 3.34. The predicted molar refractivity (Wildman–Crippen MR) is 80.9 cm³/mol.